The Balaban J connectivity index is 0.00000264. The highest BCUT2D eigenvalue weighted by Crippen LogP contribution is 2.27. The number of nitrogens with zero attached hydrogens (tertiary/aromatic N) is 2. The second-order valence-corrected chi connectivity index (χ2v) is 7.58. The molecule has 2 heterocycles. The number of halogens is 2. The van der Waals surface area contributed by atoms with Gasteiger partial charge in [0.05, 0.1) is 18.2 Å². The number of carbonyl (C=O) groups excluding carboxylic acids is 1. The first kappa shape index (κ1) is 23.9. The van der Waals surface area contributed by atoms with Gasteiger partial charge in [0.25, 0.3) is 0 Å². The van der Waals surface area contributed by atoms with E-state index >= 15 is 0 Å². The molecule has 2 N–H and O–H groups in total. The van der Waals surface area contributed by atoms with Gasteiger partial charge in [-0.1, -0.05) is 13.8 Å². The molecule has 2 aliphatic heterocycles. The van der Waals surface area contributed by atoms with Gasteiger partial charge < -0.3 is 15.4 Å². The van der Waals surface area contributed by atoms with Crippen LogP contribution in [-0.4, -0.2) is 66.2 Å². The number of amides is 1. The molecule has 0 aliphatic carbocycles. The Morgan fingerprint density at radius 2 is 1.67 bits per heavy atom. The lowest BCUT2D eigenvalue weighted by Gasteiger charge is -2.42. The van der Waals surface area contributed by atoms with Gasteiger partial charge in [-0.3, -0.25) is 9.69 Å². The molecule has 0 aromatic rings. The van der Waals surface area contributed by atoms with E-state index in [1.807, 2.05) is 0 Å². The molecule has 0 aromatic carbocycles. The summed E-state index contributed by atoms with van der Waals surface area (Å²) in [5.74, 6) is 1.03. The summed E-state index contributed by atoms with van der Waals surface area (Å²) in [5, 5.41) is 0. The first-order valence-corrected chi connectivity index (χ1v) is 8.73. The van der Waals surface area contributed by atoms with E-state index in [0.717, 1.165) is 26.1 Å². The van der Waals surface area contributed by atoms with Crippen LogP contribution in [0.1, 0.15) is 41.0 Å². The van der Waals surface area contributed by atoms with Crippen molar-refractivity contribution in [2.75, 3.05) is 26.2 Å². The highest BCUT2D eigenvalue weighted by Gasteiger charge is 2.40. The van der Waals surface area contributed by atoms with Crippen molar-refractivity contribution in [2.45, 2.75) is 65.3 Å². The Kier molecular flexibility index (Phi) is 10.1. The Morgan fingerprint density at radius 1 is 1.12 bits per heavy atom. The summed E-state index contributed by atoms with van der Waals surface area (Å²) in [7, 11) is 0. The van der Waals surface area contributed by atoms with Crippen molar-refractivity contribution in [1.82, 2.24) is 9.80 Å². The summed E-state index contributed by atoms with van der Waals surface area (Å²) in [6.07, 6.45) is 1.40. The monoisotopic (exact) mass is 383 g/mol. The average molecular weight is 384 g/mol. The molecule has 7 heteroatoms. The fraction of sp³-hybridized carbons (Fsp3) is 0.941. The van der Waals surface area contributed by atoms with Crippen molar-refractivity contribution in [1.29, 1.82) is 0 Å². The van der Waals surface area contributed by atoms with Crippen LogP contribution in [0.15, 0.2) is 0 Å². The molecule has 0 saturated carbocycles. The van der Waals surface area contributed by atoms with Gasteiger partial charge in [0.1, 0.15) is 0 Å². The SMILES string of the molecule is CC1CN(C(C(=O)N2CC(CN)CC2C)C(C)C)CC(C)O1.Cl.Cl. The van der Waals surface area contributed by atoms with E-state index in [1.165, 1.54) is 0 Å². The number of carbonyl (C=O) groups is 1. The van der Waals surface area contributed by atoms with E-state index in [2.05, 4.69) is 44.4 Å². The predicted octanol–water partition coefficient (Wildman–Crippen LogP) is 2.16. The quantitative estimate of drug-likeness (QED) is 0.807. The topological polar surface area (TPSA) is 58.8 Å². The lowest BCUT2D eigenvalue weighted by Crippen LogP contribution is -2.58. The van der Waals surface area contributed by atoms with E-state index in [9.17, 15) is 4.79 Å². The van der Waals surface area contributed by atoms with Crippen LogP contribution < -0.4 is 5.73 Å². The second-order valence-electron chi connectivity index (χ2n) is 7.58. The number of hydrogen-bond acceptors (Lipinski definition) is 4. The molecule has 0 spiro atoms. The second kappa shape index (κ2) is 10.2. The average Bonchev–Trinajstić information content (AvgIpc) is 2.78. The summed E-state index contributed by atoms with van der Waals surface area (Å²) in [6.45, 7) is 13.8. The van der Waals surface area contributed by atoms with Crippen LogP contribution >= 0.6 is 24.8 Å². The van der Waals surface area contributed by atoms with Gasteiger partial charge in [0.2, 0.25) is 5.91 Å². The predicted molar refractivity (Wildman–Crippen MR) is 103 cm³/mol. The molecule has 0 bridgehead atoms. The first-order valence-electron chi connectivity index (χ1n) is 8.73. The largest absolute Gasteiger partial charge is 0.373 e. The van der Waals surface area contributed by atoms with Crippen molar-refractivity contribution in [3.63, 3.8) is 0 Å². The molecule has 1 amide bonds. The van der Waals surface area contributed by atoms with Gasteiger partial charge in [-0.05, 0) is 45.6 Å². The van der Waals surface area contributed by atoms with E-state index < -0.39 is 0 Å². The highest BCUT2D eigenvalue weighted by atomic mass is 35.5. The first-order chi connectivity index (χ1) is 10.3. The standard InChI is InChI=1S/C17H33N3O2.2ClH/c1-11(2)16(19-8-13(4)22-14(5)9-19)17(21)20-10-15(7-18)6-12(20)3;;/h11-16H,6-10,18H2,1-5H3;2*1H. The third-order valence-electron chi connectivity index (χ3n) is 5.00. The van der Waals surface area contributed by atoms with Crippen LogP contribution in [-0.2, 0) is 9.53 Å². The van der Waals surface area contributed by atoms with Crippen molar-refractivity contribution in [3.8, 4) is 0 Å². The number of hydrogen-bond donors (Lipinski definition) is 1. The molecule has 2 fully saturated rings. The fourth-order valence-electron chi connectivity index (χ4n) is 4.10. The summed E-state index contributed by atoms with van der Waals surface area (Å²) in [6, 6.07) is 0.256. The normalized spacial score (nSPS) is 32.2. The molecular weight excluding hydrogens is 349 g/mol. The smallest absolute Gasteiger partial charge is 0.240 e. The lowest BCUT2D eigenvalue weighted by atomic mass is 9.98. The molecule has 2 aliphatic rings. The molecule has 144 valence electrons. The molecule has 2 saturated heterocycles. The van der Waals surface area contributed by atoms with Crippen LogP contribution in [0, 0.1) is 11.8 Å². The Hall–Kier alpha value is -0.0700. The van der Waals surface area contributed by atoms with Crippen LogP contribution in [0.3, 0.4) is 0 Å². The minimum Gasteiger partial charge on any atom is -0.373 e. The molecule has 0 aromatic heterocycles. The summed E-state index contributed by atoms with van der Waals surface area (Å²) in [5.41, 5.74) is 5.81. The van der Waals surface area contributed by atoms with E-state index in [0.29, 0.717) is 24.4 Å². The van der Waals surface area contributed by atoms with Crippen LogP contribution in [0.4, 0.5) is 0 Å². The van der Waals surface area contributed by atoms with Gasteiger partial charge in [-0.25, -0.2) is 0 Å². The maximum atomic E-state index is 13.2. The van der Waals surface area contributed by atoms with Gasteiger partial charge >= 0.3 is 0 Å². The van der Waals surface area contributed by atoms with Crippen molar-refractivity contribution >= 4 is 30.7 Å². The Labute approximate surface area is 159 Å². The zero-order valence-corrected chi connectivity index (χ0v) is 17.2. The third kappa shape index (κ3) is 5.46. The fourth-order valence-corrected chi connectivity index (χ4v) is 4.10. The van der Waals surface area contributed by atoms with Crippen molar-refractivity contribution in [2.24, 2.45) is 17.6 Å². The van der Waals surface area contributed by atoms with Gasteiger partial charge in [-0.15, -0.1) is 24.8 Å². The number of likely N-dealkylation sites (tertiary alicyclic amines) is 1. The molecule has 24 heavy (non-hydrogen) atoms. The van der Waals surface area contributed by atoms with Crippen molar-refractivity contribution < 1.29 is 9.53 Å². The van der Waals surface area contributed by atoms with Gasteiger partial charge in [-0.2, -0.15) is 0 Å². The molecule has 0 radical (unpaired) electrons. The molecule has 5 unspecified atom stereocenters. The van der Waals surface area contributed by atoms with E-state index in [-0.39, 0.29) is 49.0 Å². The highest BCUT2D eigenvalue weighted by molar-refractivity contribution is 5.85. The number of morpholine rings is 1. The summed E-state index contributed by atoms with van der Waals surface area (Å²) >= 11 is 0. The van der Waals surface area contributed by atoms with Crippen LogP contribution in [0.25, 0.3) is 0 Å². The van der Waals surface area contributed by atoms with Gasteiger partial charge in [0, 0.05) is 25.7 Å². The maximum absolute atomic E-state index is 13.2. The minimum atomic E-state index is -0.0484. The number of rotatable bonds is 4. The molecule has 5 nitrogen and oxygen atoms in total. The lowest BCUT2D eigenvalue weighted by molar-refractivity contribution is -0.146. The molecule has 2 rings (SSSR count). The number of nitrogens with two attached hydrogens (primary N) is 1. The maximum Gasteiger partial charge on any atom is 0.240 e. The molecular formula is C17H35Cl2N3O2. The minimum absolute atomic E-state index is 0. The van der Waals surface area contributed by atoms with Crippen LogP contribution in [0.5, 0.6) is 0 Å². The van der Waals surface area contributed by atoms with Gasteiger partial charge in [0.15, 0.2) is 0 Å². The van der Waals surface area contributed by atoms with Crippen molar-refractivity contribution in [3.05, 3.63) is 0 Å². The van der Waals surface area contributed by atoms with E-state index in [1.54, 1.807) is 0 Å². The number of ether oxygens (including phenoxy) is 1. The Bertz CT molecular complexity index is 388. The Morgan fingerprint density at radius 3 is 2.08 bits per heavy atom. The third-order valence-corrected chi connectivity index (χ3v) is 5.00. The molecule has 5 atom stereocenters. The zero-order chi connectivity index (χ0) is 16.4. The summed E-state index contributed by atoms with van der Waals surface area (Å²) < 4.78 is 5.82. The summed E-state index contributed by atoms with van der Waals surface area (Å²) in [4.78, 5) is 17.6. The van der Waals surface area contributed by atoms with E-state index in [4.69, 9.17) is 10.5 Å². The zero-order valence-electron chi connectivity index (χ0n) is 15.6. The van der Waals surface area contributed by atoms with Crippen LogP contribution in [0.2, 0.25) is 0 Å².